The van der Waals surface area contributed by atoms with E-state index in [4.69, 9.17) is 8.83 Å². The minimum Gasteiger partial charge on any atom is -0.466 e. The van der Waals surface area contributed by atoms with E-state index < -0.39 is 0 Å². The van der Waals surface area contributed by atoms with Gasteiger partial charge in [-0.1, -0.05) is 0 Å². The number of hydrogen-bond acceptors (Lipinski definition) is 3. The molecule has 2 aromatic rings. The van der Waals surface area contributed by atoms with Crippen LogP contribution in [0.1, 0.15) is 35.8 Å². The van der Waals surface area contributed by atoms with Crippen molar-refractivity contribution in [1.82, 2.24) is 5.32 Å². The molecule has 0 bridgehead atoms. The van der Waals surface area contributed by atoms with Gasteiger partial charge in [-0.15, -0.1) is 0 Å². The first kappa shape index (κ1) is 12.7. The summed E-state index contributed by atoms with van der Waals surface area (Å²) in [5, 5.41) is 3.43. The summed E-state index contributed by atoms with van der Waals surface area (Å²) in [5.74, 6) is 2.90. The maximum absolute atomic E-state index is 5.53. The molecular formula is C13H16INO2. The first-order chi connectivity index (χ1) is 8.06. The van der Waals surface area contributed by atoms with E-state index in [1.54, 1.807) is 0 Å². The Balaban J connectivity index is 1.97. The molecular weight excluding hydrogens is 329 g/mol. The van der Waals surface area contributed by atoms with E-state index in [9.17, 15) is 0 Å². The number of hydrogen-bond donors (Lipinski definition) is 1. The first-order valence-corrected chi connectivity index (χ1v) is 6.68. The maximum Gasteiger partial charge on any atom is 0.164 e. The highest BCUT2D eigenvalue weighted by atomic mass is 127. The molecule has 0 spiro atoms. The van der Waals surface area contributed by atoms with Crippen molar-refractivity contribution >= 4 is 22.6 Å². The lowest BCUT2D eigenvalue weighted by atomic mass is 10.1. The zero-order valence-electron chi connectivity index (χ0n) is 10.2. The van der Waals surface area contributed by atoms with Crippen molar-refractivity contribution < 1.29 is 8.83 Å². The highest BCUT2D eigenvalue weighted by Crippen LogP contribution is 2.21. The molecule has 0 radical (unpaired) electrons. The van der Waals surface area contributed by atoms with Crippen molar-refractivity contribution in [3.63, 3.8) is 0 Å². The monoisotopic (exact) mass is 345 g/mol. The largest absolute Gasteiger partial charge is 0.466 e. The molecule has 2 heterocycles. The molecule has 92 valence electrons. The van der Waals surface area contributed by atoms with Gasteiger partial charge in [-0.2, -0.15) is 0 Å². The van der Waals surface area contributed by atoms with Gasteiger partial charge in [0.15, 0.2) is 3.77 Å². The Bertz CT molecular complexity index is 501. The Morgan fingerprint density at radius 1 is 1.29 bits per heavy atom. The fourth-order valence-electron chi connectivity index (χ4n) is 1.89. The van der Waals surface area contributed by atoms with Crippen molar-refractivity contribution in [3.8, 4) is 0 Å². The second-order valence-electron chi connectivity index (χ2n) is 4.18. The van der Waals surface area contributed by atoms with Crippen LogP contribution in [0.3, 0.4) is 0 Å². The molecule has 0 aliphatic carbocycles. The van der Waals surface area contributed by atoms with Crippen LogP contribution < -0.4 is 5.32 Å². The summed E-state index contributed by atoms with van der Waals surface area (Å²) >= 11 is 2.17. The summed E-state index contributed by atoms with van der Waals surface area (Å²) in [6.07, 6.45) is 0. The fraction of sp³-hybridized carbons (Fsp3) is 0.385. The molecule has 0 aliphatic rings. The fourth-order valence-corrected chi connectivity index (χ4v) is 2.35. The minimum atomic E-state index is 0.259. The van der Waals surface area contributed by atoms with Crippen LogP contribution in [-0.2, 0) is 6.54 Å². The van der Waals surface area contributed by atoms with Crippen LogP contribution in [0.4, 0.5) is 0 Å². The third-order valence-corrected chi connectivity index (χ3v) is 3.34. The molecule has 2 rings (SSSR count). The van der Waals surface area contributed by atoms with Crippen molar-refractivity contribution in [2.45, 2.75) is 33.4 Å². The van der Waals surface area contributed by atoms with E-state index in [0.29, 0.717) is 0 Å². The van der Waals surface area contributed by atoms with Gasteiger partial charge in [0.25, 0.3) is 0 Å². The van der Waals surface area contributed by atoms with Gasteiger partial charge < -0.3 is 14.2 Å². The Morgan fingerprint density at radius 3 is 2.59 bits per heavy atom. The zero-order valence-corrected chi connectivity index (χ0v) is 12.4. The average molecular weight is 345 g/mol. The van der Waals surface area contributed by atoms with E-state index in [0.717, 1.165) is 27.6 Å². The normalized spacial score (nSPS) is 12.9. The molecule has 3 nitrogen and oxygen atoms in total. The molecule has 0 aliphatic heterocycles. The van der Waals surface area contributed by atoms with Crippen LogP contribution in [0.25, 0.3) is 0 Å². The summed E-state index contributed by atoms with van der Waals surface area (Å²) < 4.78 is 12.0. The Labute approximate surface area is 115 Å². The molecule has 0 aromatic carbocycles. The second kappa shape index (κ2) is 5.27. The van der Waals surface area contributed by atoms with Gasteiger partial charge in [-0.25, -0.2) is 0 Å². The first-order valence-electron chi connectivity index (χ1n) is 5.61. The van der Waals surface area contributed by atoms with Crippen LogP contribution in [0, 0.1) is 17.6 Å². The van der Waals surface area contributed by atoms with Crippen LogP contribution in [-0.4, -0.2) is 0 Å². The summed E-state index contributed by atoms with van der Waals surface area (Å²) in [6, 6.07) is 6.30. The number of halogens is 1. The van der Waals surface area contributed by atoms with Gasteiger partial charge in [-0.3, -0.25) is 0 Å². The van der Waals surface area contributed by atoms with Crippen molar-refractivity contribution in [2.75, 3.05) is 0 Å². The molecule has 0 saturated heterocycles. The van der Waals surface area contributed by atoms with Gasteiger partial charge >= 0.3 is 0 Å². The minimum absolute atomic E-state index is 0.259. The highest BCUT2D eigenvalue weighted by Gasteiger charge is 2.12. The van der Waals surface area contributed by atoms with Gasteiger partial charge in [0, 0.05) is 11.6 Å². The standard InChI is InChI=1S/C13H16INO2/c1-8-6-12(10(3)16-8)9(2)15-7-11-4-5-13(14)17-11/h4-6,9,15H,7H2,1-3H3. The maximum atomic E-state index is 5.53. The summed E-state index contributed by atoms with van der Waals surface area (Å²) in [6.45, 7) is 6.83. The lowest BCUT2D eigenvalue weighted by Gasteiger charge is -2.11. The predicted octanol–water partition coefficient (Wildman–Crippen LogP) is 3.94. The number of furan rings is 2. The molecule has 2 aromatic heterocycles. The average Bonchev–Trinajstić information content (AvgIpc) is 2.81. The van der Waals surface area contributed by atoms with Gasteiger partial charge in [0.2, 0.25) is 0 Å². The third-order valence-electron chi connectivity index (χ3n) is 2.76. The number of rotatable bonds is 4. The molecule has 0 saturated carbocycles. The van der Waals surface area contributed by atoms with E-state index in [1.165, 1.54) is 5.56 Å². The third kappa shape index (κ3) is 3.13. The SMILES string of the molecule is Cc1cc(C(C)NCc2ccc(I)o2)c(C)o1. The molecule has 0 amide bonds. The zero-order chi connectivity index (χ0) is 12.4. The Hall–Kier alpha value is -0.750. The number of aryl methyl sites for hydroxylation is 2. The Morgan fingerprint density at radius 2 is 2.06 bits per heavy atom. The smallest absolute Gasteiger partial charge is 0.164 e. The van der Waals surface area contributed by atoms with Crippen LogP contribution in [0.15, 0.2) is 27.0 Å². The van der Waals surface area contributed by atoms with Crippen molar-refractivity contribution in [1.29, 1.82) is 0 Å². The summed E-state index contributed by atoms with van der Waals surface area (Å²) in [7, 11) is 0. The van der Waals surface area contributed by atoms with E-state index in [-0.39, 0.29) is 6.04 Å². The van der Waals surface area contributed by atoms with E-state index >= 15 is 0 Å². The predicted molar refractivity (Wildman–Crippen MR) is 74.9 cm³/mol. The van der Waals surface area contributed by atoms with Crippen LogP contribution in [0.5, 0.6) is 0 Å². The second-order valence-corrected chi connectivity index (χ2v) is 5.24. The van der Waals surface area contributed by atoms with Crippen molar-refractivity contribution in [3.05, 3.63) is 44.8 Å². The molecule has 1 unspecified atom stereocenters. The van der Waals surface area contributed by atoms with E-state index in [1.807, 2.05) is 26.0 Å². The summed E-state index contributed by atoms with van der Waals surface area (Å²) in [5.41, 5.74) is 1.21. The Kier molecular flexibility index (Phi) is 3.93. The van der Waals surface area contributed by atoms with Gasteiger partial charge in [0.1, 0.15) is 17.3 Å². The summed E-state index contributed by atoms with van der Waals surface area (Å²) in [4.78, 5) is 0. The molecule has 1 N–H and O–H groups in total. The van der Waals surface area contributed by atoms with Crippen LogP contribution in [0.2, 0.25) is 0 Å². The number of nitrogens with one attached hydrogen (secondary N) is 1. The molecule has 1 atom stereocenters. The van der Waals surface area contributed by atoms with Gasteiger partial charge in [-0.05, 0) is 61.6 Å². The quantitative estimate of drug-likeness (QED) is 0.853. The lowest BCUT2D eigenvalue weighted by Crippen LogP contribution is -2.17. The molecule has 4 heteroatoms. The highest BCUT2D eigenvalue weighted by molar-refractivity contribution is 14.1. The van der Waals surface area contributed by atoms with Crippen molar-refractivity contribution in [2.24, 2.45) is 0 Å². The van der Waals surface area contributed by atoms with Crippen LogP contribution >= 0.6 is 22.6 Å². The lowest BCUT2D eigenvalue weighted by molar-refractivity contribution is 0.440. The molecule has 0 fully saturated rings. The topological polar surface area (TPSA) is 38.3 Å². The van der Waals surface area contributed by atoms with E-state index in [2.05, 4.69) is 40.9 Å². The molecule has 17 heavy (non-hydrogen) atoms. The van der Waals surface area contributed by atoms with Gasteiger partial charge in [0.05, 0.1) is 6.54 Å².